The first-order valence-electron chi connectivity index (χ1n) is 8.29. The minimum absolute atomic E-state index is 0.0251. The quantitative estimate of drug-likeness (QED) is 0.683. The van der Waals surface area contributed by atoms with E-state index >= 15 is 0 Å². The van der Waals surface area contributed by atoms with Gasteiger partial charge in [0, 0.05) is 18.4 Å². The number of hydrogen-bond acceptors (Lipinski definition) is 8. The van der Waals surface area contributed by atoms with Crippen LogP contribution in [0.5, 0.6) is 5.75 Å². The number of nitrogens with zero attached hydrogens (tertiary/aromatic N) is 4. The number of aromatic nitrogens is 4. The summed E-state index contributed by atoms with van der Waals surface area (Å²) >= 11 is 5.09. The zero-order valence-electron chi connectivity index (χ0n) is 15.6. The number of carbonyl (C=O) groups is 1. The van der Waals surface area contributed by atoms with Gasteiger partial charge in [-0.2, -0.15) is 5.10 Å². The molecule has 0 aliphatic carbocycles. The van der Waals surface area contributed by atoms with Crippen molar-refractivity contribution in [2.45, 2.75) is 27.0 Å². The minimum Gasteiger partial charge on any atom is -0.491 e. The number of alkyl carbamates (subject to hydrolysis) is 1. The molecule has 27 heavy (non-hydrogen) atoms. The van der Waals surface area contributed by atoms with E-state index in [1.165, 1.54) is 13.4 Å². The van der Waals surface area contributed by atoms with Gasteiger partial charge in [-0.1, -0.05) is 0 Å². The van der Waals surface area contributed by atoms with Crippen molar-refractivity contribution in [3.63, 3.8) is 0 Å². The number of carbonyl (C=O) groups excluding carboxylic acids is 1. The molecule has 2 N–H and O–H groups in total. The monoisotopic (exact) mass is 394 g/mol. The molecule has 11 heteroatoms. The Kier molecular flexibility index (Phi) is 7.44. The van der Waals surface area contributed by atoms with Crippen LogP contribution in [-0.2, 0) is 9.47 Å². The zero-order valence-corrected chi connectivity index (χ0v) is 16.4. The summed E-state index contributed by atoms with van der Waals surface area (Å²) in [5.41, 5.74) is 1.23. The van der Waals surface area contributed by atoms with Crippen LogP contribution in [-0.4, -0.2) is 51.3 Å². The molecule has 0 aromatic carbocycles. The predicted octanol–water partition coefficient (Wildman–Crippen LogP) is 2.35. The van der Waals surface area contributed by atoms with Gasteiger partial charge < -0.3 is 19.5 Å². The van der Waals surface area contributed by atoms with Crippen molar-refractivity contribution in [3.8, 4) is 17.0 Å². The highest BCUT2D eigenvalue weighted by Gasteiger charge is 2.18. The molecule has 1 atom stereocenters. The normalized spacial score (nSPS) is 11.6. The van der Waals surface area contributed by atoms with Crippen LogP contribution in [0.25, 0.3) is 11.3 Å². The summed E-state index contributed by atoms with van der Waals surface area (Å²) in [5, 5.41) is 9.50. The van der Waals surface area contributed by atoms with Gasteiger partial charge in [0.2, 0.25) is 0 Å². The Labute approximate surface area is 162 Å². The summed E-state index contributed by atoms with van der Waals surface area (Å²) in [7, 11) is 1.49. The van der Waals surface area contributed by atoms with Gasteiger partial charge in [0.05, 0.1) is 19.9 Å². The summed E-state index contributed by atoms with van der Waals surface area (Å²) in [6, 6.07) is 0. The van der Waals surface area contributed by atoms with Gasteiger partial charge in [-0.05, 0) is 33.0 Å². The summed E-state index contributed by atoms with van der Waals surface area (Å²) in [6.07, 6.45) is 3.94. The second kappa shape index (κ2) is 9.78. The van der Waals surface area contributed by atoms with Gasteiger partial charge in [-0.15, -0.1) is 0 Å². The van der Waals surface area contributed by atoms with Crippen LogP contribution >= 0.6 is 12.2 Å². The number of anilines is 1. The first kappa shape index (κ1) is 20.5. The zero-order chi connectivity index (χ0) is 19.8. The van der Waals surface area contributed by atoms with Crippen LogP contribution in [0, 0.1) is 0 Å². The number of hydrogen-bond donors (Lipinski definition) is 2. The van der Waals surface area contributed by atoms with E-state index in [1.54, 1.807) is 24.0 Å². The van der Waals surface area contributed by atoms with Crippen LogP contribution in [0.15, 0.2) is 18.7 Å². The van der Waals surface area contributed by atoms with Crippen molar-refractivity contribution < 1.29 is 19.0 Å². The van der Waals surface area contributed by atoms with Crippen molar-refractivity contribution in [3.05, 3.63) is 18.7 Å². The molecule has 1 amide bonds. The third kappa shape index (κ3) is 5.34. The molecule has 2 aromatic heterocycles. The predicted molar refractivity (Wildman–Crippen MR) is 103 cm³/mol. The fraction of sp³-hybridized carbons (Fsp3) is 0.438. The number of rotatable bonds is 7. The van der Waals surface area contributed by atoms with E-state index in [4.69, 9.17) is 26.4 Å². The molecule has 1 unspecified atom stereocenters. The summed E-state index contributed by atoms with van der Waals surface area (Å²) in [5.74, 6) is 0.657. The molecule has 2 aromatic rings. The topological polar surface area (TPSA) is 112 Å². The van der Waals surface area contributed by atoms with Crippen LogP contribution < -0.4 is 15.4 Å². The van der Waals surface area contributed by atoms with Crippen LogP contribution in [0.3, 0.4) is 0 Å². The Morgan fingerprint density at radius 1 is 1.33 bits per heavy atom. The smallest absolute Gasteiger partial charge is 0.413 e. The molecule has 0 saturated carbocycles. The second-order valence-electron chi connectivity index (χ2n) is 5.17. The van der Waals surface area contributed by atoms with Gasteiger partial charge in [0.15, 0.2) is 16.7 Å². The van der Waals surface area contributed by atoms with E-state index in [-0.39, 0.29) is 17.9 Å². The molecule has 0 spiro atoms. The van der Waals surface area contributed by atoms with Crippen LogP contribution in [0.4, 0.5) is 10.6 Å². The molecule has 146 valence electrons. The average molecular weight is 394 g/mol. The minimum atomic E-state index is -0.658. The molecule has 0 aliphatic heterocycles. The maximum atomic E-state index is 11.5. The standard InChI is InChI=1S/C16H22N6O4S/c1-5-25-10(3)22-8-11(7-19-22)12-13(24-4)14(18-9-17-12)20-15(27)21-16(23)26-6-2/h7-10H,5-6H2,1-4H3,(H2,17,18,20,21,23,27). The molecule has 10 nitrogen and oxygen atoms in total. The van der Waals surface area contributed by atoms with E-state index in [0.717, 1.165) is 0 Å². The van der Waals surface area contributed by atoms with Gasteiger partial charge >= 0.3 is 6.09 Å². The second-order valence-corrected chi connectivity index (χ2v) is 5.58. The lowest BCUT2D eigenvalue weighted by Gasteiger charge is -2.13. The highest BCUT2D eigenvalue weighted by Crippen LogP contribution is 2.33. The van der Waals surface area contributed by atoms with Crippen molar-refractivity contribution in [1.82, 2.24) is 25.1 Å². The molecule has 0 fully saturated rings. The van der Waals surface area contributed by atoms with Crippen molar-refractivity contribution in [2.24, 2.45) is 0 Å². The van der Waals surface area contributed by atoms with Gasteiger partial charge in [0.25, 0.3) is 0 Å². The first-order chi connectivity index (χ1) is 13.0. The number of methoxy groups -OCH3 is 1. The largest absolute Gasteiger partial charge is 0.491 e. The Morgan fingerprint density at radius 3 is 2.78 bits per heavy atom. The summed E-state index contributed by atoms with van der Waals surface area (Å²) in [4.78, 5) is 19.9. The molecule has 0 radical (unpaired) electrons. The highest BCUT2D eigenvalue weighted by molar-refractivity contribution is 7.80. The Morgan fingerprint density at radius 2 is 2.11 bits per heavy atom. The fourth-order valence-corrected chi connectivity index (χ4v) is 2.42. The van der Waals surface area contributed by atoms with E-state index in [2.05, 4.69) is 25.7 Å². The fourth-order valence-electron chi connectivity index (χ4n) is 2.24. The number of amides is 1. The Bertz CT molecular complexity index is 797. The number of ether oxygens (including phenoxy) is 3. The molecule has 2 heterocycles. The molecule has 0 saturated heterocycles. The SMILES string of the molecule is CCOC(=O)NC(=S)Nc1ncnc(-c2cnn(C(C)OCC)c2)c1OC. The Balaban J connectivity index is 2.23. The van der Waals surface area contributed by atoms with Crippen molar-refractivity contribution >= 4 is 29.2 Å². The van der Waals surface area contributed by atoms with Gasteiger partial charge in [-0.3, -0.25) is 5.32 Å². The van der Waals surface area contributed by atoms with Gasteiger partial charge in [-0.25, -0.2) is 19.4 Å². The van der Waals surface area contributed by atoms with E-state index < -0.39 is 6.09 Å². The lowest BCUT2D eigenvalue weighted by molar-refractivity contribution is 0.0160. The summed E-state index contributed by atoms with van der Waals surface area (Å²) in [6.45, 7) is 6.32. The van der Waals surface area contributed by atoms with E-state index in [9.17, 15) is 4.79 Å². The molecule has 0 bridgehead atoms. The third-order valence-electron chi connectivity index (χ3n) is 3.39. The lowest BCUT2D eigenvalue weighted by Crippen LogP contribution is -2.34. The van der Waals surface area contributed by atoms with E-state index in [0.29, 0.717) is 29.4 Å². The Hall–Kier alpha value is -2.79. The van der Waals surface area contributed by atoms with E-state index in [1.807, 2.05) is 13.8 Å². The van der Waals surface area contributed by atoms with Crippen LogP contribution in [0.1, 0.15) is 27.0 Å². The molecular weight excluding hydrogens is 372 g/mol. The lowest BCUT2D eigenvalue weighted by atomic mass is 10.2. The first-order valence-corrected chi connectivity index (χ1v) is 8.70. The average Bonchev–Trinajstić information content (AvgIpc) is 3.11. The molecular formula is C16H22N6O4S. The summed E-state index contributed by atoms with van der Waals surface area (Å²) < 4.78 is 17.4. The highest BCUT2D eigenvalue weighted by atomic mass is 32.1. The molecule has 0 aliphatic rings. The van der Waals surface area contributed by atoms with Crippen molar-refractivity contribution in [1.29, 1.82) is 0 Å². The number of nitrogens with one attached hydrogen (secondary N) is 2. The number of thiocarbonyl (C=S) groups is 1. The third-order valence-corrected chi connectivity index (χ3v) is 3.59. The molecule has 2 rings (SSSR count). The van der Waals surface area contributed by atoms with Crippen molar-refractivity contribution in [2.75, 3.05) is 25.6 Å². The maximum Gasteiger partial charge on any atom is 0.413 e. The maximum absolute atomic E-state index is 11.5. The van der Waals surface area contributed by atoms with Crippen LogP contribution in [0.2, 0.25) is 0 Å². The van der Waals surface area contributed by atoms with Gasteiger partial charge in [0.1, 0.15) is 18.2 Å².